The summed E-state index contributed by atoms with van der Waals surface area (Å²) in [7, 11) is 0. The zero-order valence-electron chi connectivity index (χ0n) is 20.9. The van der Waals surface area contributed by atoms with Crippen LogP contribution in [0.15, 0.2) is 66.7 Å². The third kappa shape index (κ3) is 7.31. The number of amides is 2. The predicted molar refractivity (Wildman–Crippen MR) is 141 cm³/mol. The van der Waals surface area contributed by atoms with E-state index in [0.717, 1.165) is 23.1 Å². The van der Waals surface area contributed by atoms with Gasteiger partial charge in [-0.2, -0.15) is 0 Å². The van der Waals surface area contributed by atoms with E-state index in [0.29, 0.717) is 22.9 Å². The molecule has 0 aliphatic heterocycles. The maximum atomic E-state index is 14.6. The molecular weight excluding hydrogens is 479 g/mol. The van der Waals surface area contributed by atoms with Gasteiger partial charge in [-0.15, -0.1) is 0 Å². The standard InChI is InChI=1S/C29H32ClFN2O3/c1-4-14-32-29(35)26(17-22-10-6-5-7-11-22)33(18-23-12-8-9-13-25(23)31)27(34)19-36-24-15-20(2)28(30)21(3)16-24/h5-13,15-16,26H,4,14,17-19H2,1-3H3,(H,32,35)/t26-/m0/s1. The van der Waals surface area contributed by atoms with Crippen LogP contribution in [0.1, 0.15) is 35.6 Å². The fourth-order valence-corrected chi connectivity index (χ4v) is 4.06. The van der Waals surface area contributed by atoms with Crippen molar-refractivity contribution in [1.29, 1.82) is 0 Å². The Labute approximate surface area is 217 Å². The number of halogens is 2. The lowest BCUT2D eigenvalue weighted by Gasteiger charge is -2.31. The number of hydrogen-bond donors (Lipinski definition) is 1. The topological polar surface area (TPSA) is 58.6 Å². The summed E-state index contributed by atoms with van der Waals surface area (Å²) in [6.45, 7) is 5.79. The lowest BCUT2D eigenvalue weighted by atomic mass is 10.0. The summed E-state index contributed by atoms with van der Waals surface area (Å²) < 4.78 is 20.4. The number of benzene rings is 3. The molecule has 3 rings (SSSR count). The minimum absolute atomic E-state index is 0.0649. The number of hydrogen-bond acceptors (Lipinski definition) is 3. The fraction of sp³-hybridized carbons (Fsp3) is 0.310. The number of aryl methyl sites for hydroxylation is 2. The monoisotopic (exact) mass is 510 g/mol. The maximum Gasteiger partial charge on any atom is 0.261 e. The van der Waals surface area contributed by atoms with Gasteiger partial charge in [0.2, 0.25) is 5.91 Å². The van der Waals surface area contributed by atoms with Crippen molar-refractivity contribution in [3.05, 3.63) is 99.8 Å². The van der Waals surface area contributed by atoms with Gasteiger partial charge in [-0.1, -0.05) is 67.1 Å². The molecule has 0 unspecified atom stereocenters. The Morgan fingerprint density at radius 2 is 1.67 bits per heavy atom. The quantitative estimate of drug-likeness (QED) is 0.363. The first-order valence-corrected chi connectivity index (χ1v) is 12.4. The van der Waals surface area contributed by atoms with Crippen LogP contribution >= 0.6 is 11.6 Å². The van der Waals surface area contributed by atoms with E-state index in [1.165, 1.54) is 11.0 Å². The molecule has 2 amide bonds. The highest BCUT2D eigenvalue weighted by molar-refractivity contribution is 6.32. The number of carbonyl (C=O) groups excluding carboxylic acids is 2. The smallest absolute Gasteiger partial charge is 0.261 e. The van der Waals surface area contributed by atoms with Gasteiger partial charge in [-0.3, -0.25) is 9.59 Å². The number of nitrogens with zero attached hydrogens (tertiary/aromatic N) is 1. The average Bonchev–Trinajstić information content (AvgIpc) is 2.88. The van der Waals surface area contributed by atoms with Crippen molar-refractivity contribution < 1.29 is 18.7 Å². The van der Waals surface area contributed by atoms with E-state index in [2.05, 4.69) is 5.32 Å². The van der Waals surface area contributed by atoms with Crippen molar-refractivity contribution in [2.45, 2.75) is 46.2 Å². The molecule has 0 saturated carbocycles. The van der Waals surface area contributed by atoms with E-state index in [4.69, 9.17) is 16.3 Å². The van der Waals surface area contributed by atoms with Gasteiger partial charge in [-0.05, 0) is 55.2 Å². The molecule has 0 aliphatic rings. The zero-order chi connectivity index (χ0) is 26.1. The highest BCUT2D eigenvalue weighted by Gasteiger charge is 2.31. The second kappa shape index (κ2) is 13.1. The Balaban J connectivity index is 1.92. The van der Waals surface area contributed by atoms with Gasteiger partial charge in [0.1, 0.15) is 17.6 Å². The summed E-state index contributed by atoms with van der Waals surface area (Å²) >= 11 is 6.25. The normalized spacial score (nSPS) is 11.6. The summed E-state index contributed by atoms with van der Waals surface area (Å²) in [5, 5.41) is 3.55. The maximum absolute atomic E-state index is 14.6. The summed E-state index contributed by atoms with van der Waals surface area (Å²) in [6, 6.07) is 18.4. The highest BCUT2D eigenvalue weighted by atomic mass is 35.5. The summed E-state index contributed by atoms with van der Waals surface area (Å²) in [6.07, 6.45) is 1.04. The average molecular weight is 511 g/mol. The van der Waals surface area contributed by atoms with Crippen molar-refractivity contribution in [2.24, 2.45) is 0 Å². The molecular formula is C29H32ClFN2O3. The van der Waals surface area contributed by atoms with E-state index in [9.17, 15) is 14.0 Å². The zero-order valence-corrected chi connectivity index (χ0v) is 21.6. The van der Waals surface area contributed by atoms with E-state index >= 15 is 0 Å². The van der Waals surface area contributed by atoms with Crippen LogP contribution in [-0.2, 0) is 22.6 Å². The summed E-state index contributed by atoms with van der Waals surface area (Å²) in [4.78, 5) is 28.2. The largest absolute Gasteiger partial charge is 0.484 e. The SMILES string of the molecule is CCCNC(=O)[C@H](Cc1ccccc1)N(Cc1ccccc1F)C(=O)COc1cc(C)c(Cl)c(C)c1. The van der Waals surface area contributed by atoms with E-state index < -0.39 is 17.8 Å². The van der Waals surface area contributed by atoms with Crippen LogP contribution in [0.4, 0.5) is 4.39 Å². The van der Waals surface area contributed by atoms with Crippen molar-refractivity contribution in [3.63, 3.8) is 0 Å². The molecule has 5 nitrogen and oxygen atoms in total. The number of carbonyl (C=O) groups is 2. The Morgan fingerprint density at radius 3 is 2.31 bits per heavy atom. The van der Waals surface area contributed by atoms with Crippen LogP contribution in [-0.4, -0.2) is 35.9 Å². The molecule has 1 N–H and O–H groups in total. The lowest BCUT2D eigenvalue weighted by molar-refractivity contribution is -0.142. The summed E-state index contributed by atoms with van der Waals surface area (Å²) in [5.74, 6) is -0.643. The van der Waals surface area contributed by atoms with E-state index in [1.807, 2.05) is 51.1 Å². The van der Waals surface area contributed by atoms with E-state index in [-0.39, 0.29) is 25.5 Å². The Kier molecular flexibility index (Phi) is 9.88. The molecule has 0 heterocycles. The van der Waals surface area contributed by atoms with Crippen LogP contribution < -0.4 is 10.1 Å². The minimum atomic E-state index is -0.844. The molecule has 0 aromatic heterocycles. The minimum Gasteiger partial charge on any atom is -0.484 e. The molecule has 0 radical (unpaired) electrons. The molecule has 0 fully saturated rings. The van der Waals surface area contributed by atoms with Crippen LogP contribution in [0.3, 0.4) is 0 Å². The van der Waals surface area contributed by atoms with Crippen LogP contribution in [0, 0.1) is 19.7 Å². The van der Waals surface area contributed by atoms with Gasteiger partial charge in [0, 0.05) is 30.1 Å². The third-order valence-corrected chi connectivity index (χ3v) is 6.49. The van der Waals surface area contributed by atoms with Gasteiger partial charge < -0.3 is 15.0 Å². The lowest BCUT2D eigenvalue weighted by Crippen LogP contribution is -2.52. The molecule has 0 aliphatic carbocycles. The second-order valence-corrected chi connectivity index (χ2v) is 9.15. The first-order valence-electron chi connectivity index (χ1n) is 12.0. The van der Waals surface area contributed by atoms with Crippen molar-refractivity contribution in [3.8, 4) is 5.75 Å². The van der Waals surface area contributed by atoms with Gasteiger partial charge in [0.15, 0.2) is 6.61 Å². The van der Waals surface area contributed by atoms with Crippen molar-refractivity contribution >= 4 is 23.4 Å². The van der Waals surface area contributed by atoms with Crippen LogP contribution in [0.5, 0.6) is 5.75 Å². The molecule has 7 heteroatoms. The van der Waals surface area contributed by atoms with Crippen molar-refractivity contribution in [1.82, 2.24) is 10.2 Å². The van der Waals surface area contributed by atoms with Gasteiger partial charge in [0.25, 0.3) is 5.91 Å². The van der Waals surface area contributed by atoms with Gasteiger partial charge in [-0.25, -0.2) is 4.39 Å². The third-order valence-electron chi connectivity index (χ3n) is 5.89. The molecule has 0 saturated heterocycles. The highest BCUT2D eigenvalue weighted by Crippen LogP contribution is 2.26. The first kappa shape index (κ1) is 27.2. The Bertz CT molecular complexity index is 1160. The Hall–Kier alpha value is -3.38. The fourth-order valence-electron chi connectivity index (χ4n) is 3.95. The molecule has 3 aromatic rings. The number of rotatable bonds is 11. The first-order chi connectivity index (χ1) is 17.3. The van der Waals surface area contributed by atoms with Gasteiger partial charge >= 0.3 is 0 Å². The molecule has 0 bridgehead atoms. The predicted octanol–water partition coefficient (Wildman–Crippen LogP) is 5.64. The Morgan fingerprint density at radius 1 is 1.03 bits per heavy atom. The molecule has 3 aromatic carbocycles. The molecule has 1 atom stereocenters. The summed E-state index contributed by atoms with van der Waals surface area (Å²) in [5.41, 5.74) is 2.89. The second-order valence-electron chi connectivity index (χ2n) is 8.77. The van der Waals surface area contributed by atoms with Crippen LogP contribution in [0.2, 0.25) is 5.02 Å². The number of ether oxygens (including phenoxy) is 1. The van der Waals surface area contributed by atoms with Gasteiger partial charge in [0.05, 0.1) is 0 Å². The van der Waals surface area contributed by atoms with Crippen molar-refractivity contribution in [2.75, 3.05) is 13.2 Å². The van der Waals surface area contributed by atoms with Crippen LogP contribution in [0.25, 0.3) is 0 Å². The number of nitrogens with one attached hydrogen (secondary N) is 1. The molecule has 190 valence electrons. The van der Waals surface area contributed by atoms with E-state index in [1.54, 1.807) is 30.3 Å². The molecule has 36 heavy (non-hydrogen) atoms. The molecule has 0 spiro atoms.